The molecule has 0 bridgehead atoms. The molecular weight excluding hydrogens is 348 g/mol. The summed E-state index contributed by atoms with van der Waals surface area (Å²) >= 11 is 1.52. The molecule has 0 spiro atoms. The number of hydrogen-bond donors (Lipinski definition) is 0. The maximum absolute atomic E-state index is 12.6. The molecule has 0 radical (unpaired) electrons. The number of hydrogen-bond acceptors (Lipinski definition) is 4. The van der Waals surface area contributed by atoms with Crippen LogP contribution in [0.2, 0.25) is 0 Å². The molecule has 3 rings (SSSR count). The Bertz CT molecular complexity index is 1060. The van der Waals surface area contributed by atoms with E-state index in [4.69, 9.17) is 0 Å². The summed E-state index contributed by atoms with van der Waals surface area (Å²) in [5, 5.41) is 0. The molecule has 5 nitrogen and oxygen atoms in total. The highest BCUT2D eigenvalue weighted by molar-refractivity contribution is 7.16. The first-order valence-electron chi connectivity index (χ1n) is 8.32. The molecule has 1 amide bonds. The van der Waals surface area contributed by atoms with Crippen LogP contribution in [0.4, 0.5) is 0 Å². The van der Waals surface area contributed by atoms with Gasteiger partial charge in [0.2, 0.25) is 0 Å². The van der Waals surface area contributed by atoms with E-state index in [1.807, 2.05) is 6.92 Å². The minimum absolute atomic E-state index is 0.329. The van der Waals surface area contributed by atoms with E-state index in [0.29, 0.717) is 15.9 Å². The zero-order chi connectivity index (χ0) is 18.8. The Morgan fingerprint density at radius 2 is 1.77 bits per heavy atom. The van der Waals surface area contributed by atoms with Gasteiger partial charge >= 0.3 is 5.97 Å². The predicted molar refractivity (Wildman–Crippen MR) is 103 cm³/mol. The maximum Gasteiger partial charge on any atom is 0.337 e. The van der Waals surface area contributed by atoms with Crippen LogP contribution in [0.5, 0.6) is 0 Å². The van der Waals surface area contributed by atoms with E-state index in [9.17, 15) is 9.59 Å². The molecule has 0 aliphatic carbocycles. The van der Waals surface area contributed by atoms with Gasteiger partial charge in [0.15, 0.2) is 4.80 Å². The van der Waals surface area contributed by atoms with Gasteiger partial charge in [-0.1, -0.05) is 17.4 Å². The second-order valence-corrected chi connectivity index (χ2v) is 7.02. The van der Waals surface area contributed by atoms with Gasteiger partial charge in [-0.25, -0.2) is 4.79 Å². The lowest BCUT2D eigenvalue weighted by Gasteiger charge is -2.03. The van der Waals surface area contributed by atoms with Crippen LogP contribution in [0.25, 0.3) is 10.2 Å². The highest BCUT2D eigenvalue weighted by Crippen LogP contribution is 2.23. The number of nitrogens with zero attached hydrogens (tertiary/aromatic N) is 2. The van der Waals surface area contributed by atoms with Crippen molar-refractivity contribution in [2.45, 2.75) is 27.3 Å². The fraction of sp³-hybridized carbons (Fsp3) is 0.250. The van der Waals surface area contributed by atoms with Gasteiger partial charge in [-0.2, -0.15) is 4.99 Å². The topological polar surface area (TPSA) is 60.7 Å². The van der Waals surface area contributed by atoms with Gasteiger partial charge in [-0.3, -0.25) is 4.79 Å². The second-order valence-electron chi connectivity index (χ2n) is 6.04. The largest absolute Gasteiger partial charge is 0.465 e. The third-order valence-electron chi connectivity index (χ3n) is 4.18. The average molecular weight is 368 g/mol. The summed E-state index contributed by atoms with van der Waals surface area (Å²) in [6.07, 6.45) is 0. The first-order valence-corrected chi connectivity index (χ1v) is 9.14. The van der Waals surface area contributed by atoms with Gasteiger partial charge < -0.3 is 9.30 Å². The standard InChI is InChI=1S/C20H20N2O3S/c1-5-22-16-11-12(2)10-13(3)17(16)26-20(22)21-18(23)14-6-8-15(9-7-14)19(24)25-4/h6-11H,5H2,1-4H3. The van der Waals surface area contributed by atoms with Crippen molar-refractivity contribution in [2.75, 3.05) is 7.11 Å². The molecule has 0 fully saturated rings. The Morgan fingerprint density at radius 1 is 1.12 bits per heavy atom. The summed E-state index contributed by atoms with van der Waals surface area (Å²) in [6.45, 7) is 6.91. The lowest BCUT2D eigenvalue weighted by Crippen LogP contribution is -2.16. The quantitative estimate of drug-likeness (QED) is 0.660. The number of esters is 1. The molecule has 3 aromatic rings. The maximum atomic E-state index is 12.6. The van der Waals surface area contributed by atoms with E-state index >= 15 is 0 Å². The number of methoxy groups -OCH3 is 1. The zero-order valence-electron chi connectivity index (χ0n) is 15.2. The number of fused-ring (bicyclic) bond motifs is 1. The molecule has 0 N–H and O–H groups in total. The summed E-state index contributed by atoms with van der Waals surface area (Å²) in [5.74, 6) is -0.760. The molecule has 1 aromatic heterocycles. The number of benzene rings is 2. The van der Waals surface area contributed by atoms with Crippen molar-refractivity contribution in [3.05, 3.63) is 63.5 Å². The van der Waals surface area contributed by atoms with Crippen molar-refractivity contribution in [3.63, 3.8) is 0 Å². The normalized spacial score (nSPS) is 11.8. The van der Waals surface area contributed by atoms with Gasteiger partial charge in [0.1, 0.15) is 0 Å². The van der Waals surface area contributed by atoms with Crippen molar-refractivity contribution in [3.8, 4) is 0 Å². The molecule has 0 aliphatic heterocycles. The van der Waals surface area contributed by atoms with E-state index in [2.05, 4.69) is 40.3 Å². The van der Waals surface area contributed by atoms with E-state index < -0.39 is 5.97 Å². The Hall–Kier alpha value is -2.73. The lowest BCUT2D eigenvalue weighted by molar-refractivity contribution is 0.0600. The summed E-state index contributed by atoms with van der Waals surface area (Å²) in [7, 11) is 1.32. The highest BCUT2D eigenvalue weighted by atomic mass is 32.1. The van der Waals surface area contributed by atoms with Crippen LogP contribution >= 0.6 is 11.3 Å². The summed E-state index contributed by atoms with van der Waals surface area (Å²) in [4.78, 5) is 29.1. The molecule has 134 valence electrons. The smallest absolute Gasteiger partial charge is 0.337 e. The Balaban J connectivity index is 2.05. The van der Waals surface area contributed by atoms with Crippen LogP contribution in [0.1, 0.15) is 38.8 Å². The number of carbonyl (C=O) groups excluding carboxylic acids is 2. The van der Waals surface area contributed by atoms with E-state index in [0.717, 1.165) is 16.8 Å². The average Bonchev–Trinajstić information content (AvgIpc) is 2.98. The number of carbonyl (C=O) groups is 2. The van der Waals surface area contributed by atoms with Gasteiger partial charge in [-0.15, -0.1) is 0 Å². The molecule has 0 unspecified atom stereocenters. The number of aromatic nitrogens is 1. The number of rotatable bonds is 3. The van der Waals surface area contributed by atoms with Crippen LogP contribution in [0.3, 0.4) is 0 Å². The molecule has 0 saturated heterocycles. The van der Waals surface area contributed by atoms with Gasteiger partial charge in [0, 0.05) is 12.1 Å². The predicted octanol–water partition coefficient (Wildman–Crippen LogP) is 3.87. The molecule has 1 heterocycles. The first kappa shape index (κ1) is 18.1. The van der Waals surface area contributed by atoms with Gasteiger partial charge in [0.25, 0.3) is 5.91 Å². The Kier molecular flexibility index (Phi) is 5.04. The number of aryl methyl sites for hydroxylation is 3. The molecule has 6 heteroatoms. The van der Waals surface area contributed by atoms with E-state index in [1.54, 1.807) is 24.3 Å². The van der Waals surface area contributed by atoms with Crippen LogP contribution in [0, 0.1) is 13.8 Å². The molecule has 0 saturated carbocycles. The van der Waals surface area contributed by atoms with Gasteiger partial charge in [-0.05, 0) is 62.2 Å². The third kappa shape index (κ3) is 3.32. The van der Waals surface area contributed by atoms with Crippen LogP contribution in [-0.4, -0.2) is 23.6 Å². The Morgan fingerprint density at radius 3 is 2.38 bits per heavy atom. The fourth-order valence-electron chi connectivity index (χ4n) is 2.92. The molecule has 0 aliphatic rings. The summed E-state index contributed by atoms with van der Waals surface area (Å²) < 4.78 is 7.87. The molecule has 2 aromatic carbocycles. The SMILES string of the molecule is CCn1c(=NC(=O)c2ccc(C(=O)OC)cc2)sc2c(C)cc(C)cc21. The summed E-state index contributed by atoms with van der Waals surface area (Å²) in [6, 6.07) is 10.6. The fourth-order valence-corrected chi connectivity index (χ4v) is 4.06. The molecular formula is C20H20N2O3S. The van der Waals surface area contributed by atoms with Crippen LogP contribution in [0.15, 0.2) is 41.4 Å². The van der Waals surface area contributed by atoms with Crippen LogP contribution in [-0.2, 0) is 11.3 Å². The molecule has 26 heavy (non-hydrogen) atoms. The third-order valence-corrected chi connectivity index (χ3v) is 5.41. The van der Waals surface area contributed by atoms with Crippen molar-refractivity contribution < 1.29 is 14.3 Å². The van der Waals surface area contributed by atoms with Crippen molar-refractivity contribution in [1.29, 1.82) is 0 Å². The zero-order valence-corrected chi connectivity index (χ0v) is 16.0. The van der Waals surface area contributed by atoms with E-state index in [1.165, 1.54) is 29.6 Å². The summed E-state index contributed by atoms with van der Waals surface area (Å²) in [5.41, 5.74) is 4.31. The van der Waals surface area contributed by atoms with Gasteiger partial charge in [0.05, 0.1) is 22.9 Å². The molecule has 0 atom stereocenters. The Labute approximate surface area is 155 Å². The minimum Gasteiger partial charge on any atom is -0.465 e. The second kappa shape index (κ2) is 7.25. The highest BCUT2D eigenvalue weighted by Gasteiger charge is 2.11. The lowest BCUT2D eigenvalue weighted by atomic mass is 10.1. The van der Waals surface area contributed by atoms with Crippen molar-refractivity contribution >= 4 is 33.4 Å². The minimum atomic E-state index is -0.430. The first-order chi connectivity index (χ1) is 12.4. The van der Waals surface area contributed by atoms with Crippen LogP contribution < -0.4 is 4.80 Å². The number of ether oxygens (including phenoxy) is 1. The van der Waals surface area contributed by atoms with E-state index in [-0.39, 0.29) is 5.91 Å². The number of thiazole rings is 1. The van der Waals surface area contributed by atoms with Crippen molar-refractivity contribution in [1.82, 2.24) is 4.57 Å². The monoisotopic (exact) mass is 368 g/mol. The number of amides is 1. The van der Waals surface area contributed by atoms with Crippen molar-refractivity contribution in [2.24, 2.45) is 4.99 Å².